The maximum atomic E-state index is 10.7. The molecule has 0 aliphatic rings. The van der Waals surface area contributed by atoms with Gasteiger partial charge < -0.3 is 5.32 Å². The first kappa shape index (κ1) is 13.5. The number of anilines is 1. The lowest BCUT2D eigenvalue weighted by Gasteiger charge is -2.06. The lowest BCUT2D eigenvalue weighted by Crippen LogP contribution is -1.99. The normalized spacial score (nSPS) is 10.5. The Bertz CT molecular complexity index is 600. The highest BCUT2D eigenvalue weighted by Crippen LogP contribution is 2.24. The van der Waals surface area contributed by atoms with Crippen LogP contribution >= 0.6 is 11.3 Å². The third kappa shape index (κ3) is 3.12. The first-order chi connectivity index (χ1) is 8.97. The smallest absolute Gasteiger partial charge is 0.272 e. The number of thiophene rings is 1. The van der Waals surface area contributed by atoms with E-state index in [-0.39, 0.29) is 10.6 Å². The Morgan fingerprint density at radius 1 is 1.21 bits per heavy atom. The van der Waals surface area contributed by atoms with E-state index in [0.29, 0.717) is 5.56 Å². The van der Waals surface area contributed by atoms with Crippen molar-refractivity contribution >= 4 is 22.7 Å². The molecule has 0 atom stereocenters. The molecule has 0 unspecified atom stereocenters. The lowest BCUT2D eigenvalue weighted by molar-refractivity contribution is -0.385. The van der Waals surface area contributed by atoms with Crippen molar-refractivity contribution in [2.24, 2.45) is 0 Å². The third-order valence-electron chi connectivity index (χ3n) is 3.08. The standard InChI is InChI=1S/C14H16N2O2S/c1-9-7-13(19-11(9)3)8-15-12-4-5-14(16(17)18)10(2)6-12/h4-7,15H,8H2,1-3H3. The number of aryl methyl sites for hydroxylation is 3. The van der Waals surface area contributed by atoms with Crippen LogP contribution in [0, 0.1) is 30.9 Å². The second kappa shape index (κ2) is 5.40. The number of rotatable bonds is 4. The average molecular weight is 276 g/mol. The van der Waals surface area contributed by atoms with Crippen molar-refractivity contribution in [2.45, 2.75) is 27.3 Å². The molecule has 2 aromatic rings. The van der Waals surface area contributed by atoms with Crippen LogP contribution in [0.1, 0.15) is 20.9 Å². The fourth-order valence-corrected chi connectivity index (χ4v) is 2.89. The van der Waals surface area contributed by atoms with Crippen LogP contribution in [0.2, 0.25) is 0 Å². The maximum Gasteiger partial charge on any atom is 0.272 e. The Kier molecular flexibility index (Phi) is 3.85. The predicted octanol–water partition coefficient (Wildman–Crippen LogP) is 4.19. The van der Waals surface area contributed by atoms with E-state index in [1.165, 1.54) is 15.3 Å². The van der Waals surface area contributed by atoms with Gasteiger partial charge >= 0.3 is 0 Å². The van der Waals surface area contributed by atoms with Crippen LogP contribution in [0.15, 0.2) is 24.3 Å². The highest BCUT2D eigenvalue weighted by Gasteiger charge is 2.10. The van der Waals surface area contributed by atoms with Crippen molar-refractivity contribution in [3.63, 3.8) is 0 Å². The predicted molar refractivity (Wildman–Crippen MR) is 79.0 cm³/mol. The van der Waals surface area contributed by atoms with Gasteiger partial charge in [-0.2, -0.15) is 0 Å². The van der Waals surface area contributed by atoms with Crippen molar-refractivity contribution in [3.8, 4) is 0 Å². The molecular formula is C14H16N2O2S. The van der Waals surface area contributed by atoms with E-state index in [9.17, 15) is 10.1 Å². The fourth-order valence-electron chi connectivity index (χ4n) is 1.90. The molecule has 0 saturated heterocycles. The molecule has 1 heterocycles. The van der Waals surface area contributed by atoms with Gasteiger partial charge in [-0.25, -0.2) is 0 Å². The molecule has 0 saturated carbocycles. The molecule has 100 valence electrons. The molecule has 19 heavy (non-hydrogen) atoms. The van der Waals surface area contributed by atoms with Crippen LogP contribution in [-0.4, -0.2) is 4.92 Å². The molecular weight excluding hydrogens is 260 g/mol. The van der Waals surface area contributed by atoms with E-state index < -0.39 is 0 Å². The zero-order valence-corrected chi connectivity index (χ0v) is 12.0. The van der Waals surface area contributed by atoms with Crippen molar-refractivity contribution < 1.29 is 4.92 Å². The van der Waals surface area contributed by atoms with Crippen molar-refractivity contribution in [1.29, 1.82) is 0 Å². The molecule has 0 spiro atoms. The highest BCUT2D eigenvalue weighted by atomic mass is 32.1. The summed E-state index contributed by atoms with van der Waals surface area (Å²) < 4.78 is 0. The summed E-state index contributed by atoms with van der Waals surface area (Å²) in [7, 11) is 0. The van der Waals surface area contributed by atoms with Crippen LogP contribution in [0.5, 0.6) is 0 Å². The Balaban J connectivity index is 2.08. The van der Waals surface area contributed by atoms with Gasteiger partial charge in [0, 0.05) is 33.6 Å². The lowest BCUT2D eigenvalue weighted by atomic mass is 10.2. The molecule has 0 aliphatic heterocycles. The van der Waals surface area contributed by atoms with Gasteiger partial charge in [0.2, 0.25) is 0 Å². The van der Waals surface area contributed by atoms with E-state index in [1.807, 2.05) is 6.07 Å². The number of nitrogens with zero attached hydrogens (tertiary/aromatic N) is 1. The number of benzene rings is 1. The average Bonchev–Trinajstić information content (AvgIpc) is 2.66. The zero-order chi connectivity index (χ0) is 14.0. The largest absolute Gasteiger partial charge is 0.380 e. The minimum Gasteiger partial charge on any atom is -0.380 e. The number of nitro benzene ring substituents is 1. The number of nitro groups is 1. The summed E-state index contributed by atoms with van der Waals surface area (Å²) in [5, 5.41) is 14.0. The second-order valence-electron chi connectivity index (χ2n) is 4.56. The van der Waals surface area contributed by atoms with Gasteiger partial charge in [0.15, 0.2) is 0 Å². The first-order valence-electron chi connectivity index (χ1n) is 6.02. The first-order valence-corrected chi connectivity index (χ1v) is 6.84. The Morgan fingerprint density at radius 2 is 1.95 bits per heavy atom. The molecule has 1 aromatic heterocycles. The van der Waals surface area contributed by atoms with E-state index in [2.05, 4.69) is 25.2 Å². The molecule has 1 aromatic carbocycles. The zero-order valence-electron chi connectivity index (χ0n) is 11.2. The van der Waals surface area contributed by atoms with Gasteiger partial charge in [-0.3, -0.25) is 10.1 Å². The summed E-state index contributed by atoms with van der Waals surface area (Å²) in [6.07, 6.45) is 0. The molecule has 1 N–H and O–H groups in total. The van der Waals surface area contributed by atoms with Crippen molar-refractivity contribution in [2.75, 3.05) is 5.32 Å². The second-order valence-corrected chi connectivity index (χ2v) is 5.90. The SMILES string of the molecule is Cc1cc(NCc2cc(C)c(C)s2)ccc1[N+](=O)[O-]. The van der Waals surface area contributed by atoms with E-state index in [1.54, 1.807) is 30.4 Å². The molecule has 0 amide bonds. The summed E-state index contributed by atoms with van der Waals surface area (Å²) >= 11 is 1.78. The Labute approximate surface area is 116 Å². The van der Waals surface area contributed by atoms with Crippen molar-refractivity contribution in [1.82, 2.24) is 0 Å². The summed E-state index contributed by atoms with van der Waals surface area (Å²) in [6.45, 7) is 6.71. The van der Waals surface area contributed by atoms with Gasteiger partial charge in [-0.1, -0.05) is 0 Å². The maximum absolute atomic E-state index is 10.7. The molecule has 0 aliphatic carbocycles. The monoisotopic (exact) mass is 276 g/mol. The molecule has 2 rings (SSSR count). The fraction of sp³-hybridized carbons (Fsp3) is 0.286. The topological polar surface area (TPSA) is 55.2 Å². The van der Waals surface area contributed by atoms with Gasteiger partial charge in [-0.15, -0.1) is 11.3 Å². The van der Waals surface area contributed by atoms with Crippen LogP contribution in [-0.2, 0) is 6.54 Å². The third-order valence-corrected chi connectivity index (χ3v) is 4.23. The number of hydrogen-bond acceptors (Lipinski definition) is 4. The summed E-state index contributed by atoms with van der Waals surface area (Å²) in [5.41, 5.74) is 3.05. The Hall–Kier alpha value is -1.88. The van der Waals surface area contributed by atoms with Crippen LogP contribution < -0.4 is 5.32 Å². The van der Waals surface area contributed by atoms with Gasteiger partial charge in [0.05, 0.1) is 4.92 Å². The van der Waals surface area contributed by atoms with Gasteiger partial charge in [0.25, 0.3) is 5.69 Å². The summed E-state index contributed by atoms with van der Waals surface area (Å²) in [6, 6.07) is 7.28. The van der Waals surface area contributed by atoms with Gasteiger partial charge in [0.1, 0.15) is 0 Å². The van der Waals surface area contributed by atoms with E-state index in [4.69, 9.17) is 0 Å². The molecule has 0 radical (unpaired) electrons. The Morgan fingerprint density at radius 3 is 2.47 bits per heavy atom. The molecule has 0 fully saturated rings. The summed E-state index contributed by atoms with van der Waals surface area (Å²) in [5.74, 6) is 0. The summed E-state index contributed by atoms with van der Waals surface area (Å²) in [4.78, 5) is 13.0. The minimum atomic E-state index is -0.356. The van der Waals surface area contributed by atoms with Gasteiger partial charge in [-0.05, 0) is 44.5 Å². The quantitative estimate of drug-likeness (QED) is 0.672. The van der Waals surface area contributed by atoms with Crippen molar-refractivity contribution in [3.05, 3.63) is 55.3 Å². The molecule has 0 bridgehead atoms. The minimum absolute atomic E-state index is 0.161. The molecule has 5 heteroatoms. The van der Waals surface area contributed by atoms with Crippen LogP contribution in [0.4, 0.5) is 11.4 Å². The van der Waals surface area contributed by atoms with E-state index in [0.717, 1.165) is 12.2 Å². The highest BCUT2D eigenvalue weighted by molar-refractivity contribution is 7.12. The van der Waals surface area contributed by atoms with Crippen LogP contribution in [0.25, 0.3) is 0 Å². The van der Waals surface area contributed by atoms with Crippen LogP contribution in [0.3, 0.4) is 0 Å². The van der Waals surface area contributed by atoms with E-state index >= 15 is 0 Å². The number of nitrogens with one attached hydrogen (secondary N) is 1. The number of hydrogen-bond donors (Lipinski definition) is 1. The molecule has 4 nitrogen and oxygen atoms in total.